The Labute approximate surface area is 162 Å². The van der Waals surface area contributed by atoms with E-state index in [1.54, 1.807) is 35.3 Å². The maximum atomic E-state index is 12.7. The van der Waals surface area contributed by atoms with Crippen molar-refractivity contribution in [2.45, 2.75) is 23.6 Å². The van der Waals surface area contributed by atoms with Gasteiger partial charge in [0.1, 0.15) is 16.0 Å². The monoisotopic (exact) mass is 414 g/mol. The normalized spacial score (nSPS) is 12.6. The second-order valence-electron chi connectivity index (χ2n) is 5.58. The summed E-state index contributed by atoms with van der Waals surface area (Å²) in [6, 6.07) is 7.72. The van der Waals surface area contributed by atoms with E-state index < -0.39 is 22.0 Å². The third kappa shape index (κ3) is 5.47. The van der Waals surface area contributed by atoms with Crippen LogP contribution in [0, 0.1) is 6.92 Å². The fourth-order valence-electron chi connectivity index (χ4n) is 2.28. The number of thioether (sulfide) groups is 1. The average Bonchev–Trinajstić information content (AvgIpc) is 3.14. The minimum atomic E-state index is -3.74. The summed E-state index contributed by atoms with van der Waals surface area (Å²) in [4.78, 5) is 12.7. The summed E-state index contributed by atoms with van der Waals surface area (Å²) >= 11 is 2.66. The van der Waals surface area contributed by atoms with Crippen molar-refractivity contribution < 1.29 is 17.9 Å². The van der Waals surface area contributed by atoms with Crippen molar-refractivity contribution in [1.82, 2.24) is 4.72 Å². The first-order valence-electron chi connectivity index (χ1n) is 7.87. The summed E-state index contributed by atoms with van der Waals surface area (Å²) in [5.41, 5.74) is 1.47. The van der Waals surface area contributed by atoms with Crippen molar-refractivity contribution >= 4 is 44.7 Å². The molecule has 0 aliphatic rings. The number of amides is 1. The van der Waals surface area contributed by atoms with E-state index in [1.165, 1.54) is 13.2 Å². The average molecular weight is 415 g/mol. The van der Waals surface area contributed by atoms with E-state index in [2.05, 4.69) is 10.0 Å². The van der Waals surface area contributed by atoms with Gasteiger partial charge in [0.25, 0.3) is 10.0 Å². The molecule has 2 aromatic rings. The quantitative estimate of drug-likeness (QED) is 0.659. The second kappa shape index (κ2) is 9.40. The van der Waals surface area contributed by atoms with Crippen LogP contribution >= 0.6 is 23.1 Å². The van der Waals surface area contributed by atoms with E-state index in [9.17, 15) is 13.2 Å². The molecule has 1 aromatic heterocycles. The summed E-state index contributed by atoms with van der Waals surface area (Å²) in [6.07, 6.45) is 2.29. The van der Waals surface area contributed by atoms with Gasteiger partial charge in [0.15, 0.2) is 0 Å². The zero-order chi connectivity index (χ0) is 19.2. The summed E-state index contributed by atoms with van der Waals surface area (Å²) in [5.74, 6) is 0.757. The van der Waals surface area contributed by atoms with Crippen LogP contribution in [0.4, 0.5) is 5.69 Å². The molecule has 0 saturated carbocycles. The number of methoxy groups -OCH3 is 1. The van der Waals surface area contributed by atoms with Gasteiger partial charge < -0.3 is 10.1 Å². The minimum absolute atomic E-state index is 0.188. The second-order valence-corrected chi connectivity index (χ2v) is 9.45. The third-order valence-electron chi connectivity index (χ3n) is 3.60. The van der Waals surface area contributed by atoms with Crippen molar-refractivity contribution in [2.75, 3.05) is 24.4 Å². The molecular formula is C17H22N2O4S3. The zero-order valence-corrected chi connectivity index (χ0v) is 17.3. The van der Waals surface area contributed by atoms with Crippen molar-refractivity contribution in [3.8, 4) is 5.75 Å². The number of carbonyl (C=O) groups excluding carboxylic acids is 1. The van der Waals surface area contributed by atoms with Gasteiger partial charge in [-0.25, -0.2) is 8.42 Å². The van der Waals surface area contributed by atoms with Crippen LogP contribution in [0.3, 0.4) is 0 Å². The minimum Gasteiger partial charge on any atom is -0.495 e. The number of anilines is 1. The van der Waals surface area contributed by atoms with E-state index in [4.69, 9.17) is 4.74 Å². The predicted molar refractivity (Wildman–Crippen MR) is 108 cm³/mol. The van der Waals surface area contributed by atoms with Gasteiger partial charge in [0.2, 0.25) is 5.91 Å². The molecule has 0 saturated heterocycles. The molecule has 0 aliphatic carbocycles. The highest BCUT2D eigenvalue weighted by atomic mass is 32.2. The number of aryl methyl sites for hydroxylation is 1. The molecule has 1 atom stereocenters. The van der Waals surface area contributed by atoms with Gasteiger partial charge in [-0.15, -0.1) is 11.3 Å². The van der Waals surface area contributed by atoms with Gasteiger partial charge in [0, 0.05) is 0 Å². The number of carbonyl (C=O) groups is 1. The van der Waals surface area contributed by atoms with E-state index in [0.717, 1.165) is 16.9 Å². The molecule has 0 unspecified atom stereocenters. The van der Waals surface area contributed by atoms with Gasteiger partial charge in [-0.3, -0.25) is 4.79 Å². The van der Waals surface area contributed by atoms with Crippen LogP contribution in [-0.4, -0.2) is 39.5 Å². The van der Waals surface area contributed by atoms with Crippen LogP contribution < -0.4 is 14.8 Å². The van der Waals surface area contributed by atoms with E-state index in [0.29, 0.717) is 23.6 Å². The number of ether oxygens (including phenoxy) is 1. The molecule has 26 heavy (non-hydrogen) atoms. The lowest BCUT2D eigenvalue weighted by atomic mass is 10.2. The van der Waals surface area contributed by atoms with Crippen LogP contribution in [0.2, 0.25) is 0 Å². The Kier molecular flexibility index (Phi) is 7.51. The Morgan fingerprint density at radius 3 is 2.73 bits per heavy atom. The highest BCUT2D eigenvalue weighted by molar-refractivity contribution is 7.98. The van der Waals surface area contributed by atoms with Crippen molar-refractivity contribution in [1.29, 1.82) is 0 Å². The molecule has 0 fully saturated rings. The largest absolute Gasteiger partial charge is 0.495 e. The molecule has 2 rings (SSSR count). The van der Waals surface area contributed by atoms with Gasteiger partial charge >= 0.3 is 0 Å². The number of sulfonamides is 1. The number of benzene rings is 1. The predicted octanol–water partition coefficient (Wildman–Crippen LogP) is 3.10. The number of hydrogen-bond acceptors (Lipinski definition) is 6. The number of nitrogens with one attached hydrogen (secondary N) is 2. The van der Waals surface area contributed by atoms with Crippen LogP contribution in [0.15, 0.2) is 39.9 Å². The maximum absolute atomic E-state index is 12.7. The number of rotatable bonds is 9. The topological polar surface area (TPSA) is 84.5 Å². The first-order valence-corrected chi connectivity index (χ1v) is 11.6. The summed E-state index contributed by atoms with van der Waals surface area (Å²) in [6.45, 7) is 1.90. The fourth-order valence-corrected chi connectivity index (χ4v) is 4.99. The zero-order valence-electron chi connectivity index (χ0n) is 14.8. The smallest absolute Gasteiger partial charge is 0.250 e. The van der Waals surface area contributed by atoms with Crippen LogP contribution in [0.1, 0.15) is 12.0 Å². The fraction of sp³-hybridized carbons (Fsp3) is 0.353. The summed E-state index contributed by atoms with van der Waals surface area (Å²) in [7, 11) is -2.22. The van der Waals surface area contributed by atoms with Gasteiger partial charge in [-0.05, 0) is 54.5 Å². The first-order chi connectivity index (χ1) is 12.4. The molecule has 9 heteroatoms. The molecule has 0 aliphatic heterocycles. The number of hydrogen-bond donors (Lipinski definition) is 2. The van der Waals surface area contributed by atoms with E-state index in [-0.39, 0.29) is 4.21 Å². The highest BCUT2D eigenvalue weighted by Crippen LogP contribution is 2.26. The Morgan fingerprint density at radius 1 is 1.35 bits per heavy atom. The van der Waals surface area contributed by atoms with Gasteiger partial charge in [-0.2, -0.15) is 16.5 Å². The number of thiophene rings is 1. The van der Waals surface area contributed by atoms with Crippen molar-refractivity contribution in [3.05, 3.63) is 41.3 Å². The molecule has 0 radical (unpaired) electrons. The molecule has 0 spiro atoms. The Hall–Kier alpha value is -1.55. The lowest BCUT2D eigenvalue weighted by Gasteiger charge is -2.19. The molecule has 2 N–H and O–H groups in total. The SMILES string of the molecule is COc1ccc(C)cc1NC(=O)[C@@H](CCSC)NS(=O)(=O)c1cccs1. The first kappa shape index (κ1) is 20.8. The molecule has 1 amide bonds. The molecule has 6 nitrogen and oxygen atoms in total. The van der Waals surface area contributed by atoms with E-state index >= 15 is 0 Å². The van der Waals surface area contributed by atoms with Gasteiger partial charge in [0.05, 0.1) is 12.8 Å². The Morgan fingerprint density at radius 2 is 2.12 bits per heavy atom. The standard InChI is InChI=1S/C17H22N2O4S3/c1-12-6-7-15(23-2)14(11-12)18-17(20)13(8-10-24-3)19-26(21,22)16-5-4-9-25-16/h4-7,9,11,13,19H,8,10H2,1-3H3,(H,18,20)/t13-/m1/s1. The maximum Gasteiger partial charge on any atom is 0.250 e. The molecule has 1 heterocycles. The lowest BCUT2D eigenvalue weighted by molar-refractivity contribution is -0.117. The Bertz CT molecular complexity index is 836. The third-order valence-corrected chi connectivity index (χ3v) is 7.11. The van der Waals surface area contributed by atoms with Gasteiger partial charge in [-0.1, -0.05) is 12.1 Å². The summed E-state index contributed by atoms with van der Waals surface area (Å²) < 4.78 is 33.0. The molecular weight excluding hydrogens is 392 g/mol. The van der Waals surface area contributed by atoms with E-state index in [1.807, 2.05) is 19.2 Å². The van der Waals surface area contributed by atoms with Crippen LogP contribution in [-0.2, 0) is 14.8 Å². The molecule has 0 bridgehead atoms. The Balaban J connectivity index is 2.21. The highest BCUT2D eigenvalue weighted by Gasteiger charge is 2.26. The molecule has 142 valence electrons. The summed E-state index contributed by atoms with van der Waals surface area (Å²) in [5, 5.41) is 4.47. The lowest BCUT2D eigenvalue weighted by Crippen LogP contribution is -2.44. The van der Waals surface area contributed by atoms with Crippen molar-refractivity contribution in [2.24, 2.45) is 0 Å². The van der Waals surface area contributed by atoms with Crippen LogP contribution in [0.5, 0.6) is 5.75 Å². The van der Waals surface area contributed by atoms with Crippen molar-refractivity contribution in [3.63, 3.8) is 0 Å². The van der Waals surface area contributed by atoms with Crippen LogP contribution in [0.25, 0.3) is 0 Å². The molecule has 1 aromatic carbocycles.